The number of rotatable bonds is 5. The van der Waals surface area contributed by atoms with Crippen molar-refractivity contribution >= 4 is 11.5 Å². The average Bonchev–Trinajstić information content (AvgIpc) is 2.15. The molecule has 0 spiro atoms. The molecule has 1 aromatic rings. The summed E-state index contributed by atoms with van der Waals surface area (Å²) >= 11 is 0. The van der Waals surface area contributed by atoms with Crippen molar-refractivity contribution in [2.45, 2.75) is 32.8 Å². The van der Waals surface area contributed by atoms with Gasteiger partial charge in [0.15, 0.2) is 5.78 Å². The minimum atomic E-state index is -0.958. The maximum atomic E-state index is 11.6. The van der Waals surface area contributed by atoms with E-state index in [1.54, 1.807) is 13.8 Å². The molecule has 0 radical (unpaired) electrons. The van der Waals surface area contributed by atoms with Gasteiger partial charge in [0.05, 0.1) is 5.60 Å². The van der Waals surface area contributed by atoms with Gasteiger partial charge >= 0.3 is 0 Å². The summed E-state index contributed by atoms with van der Waals surface area (Å²) in [7, 11) is 0. The number of aliphatic hydroxyl groups is 1. The minimum Gasteiger partial charge on any atom is -0.390 e. The number of anilines is 1. The molecule has 0 fully saturated rings. The van der Waals surface area contributed by atoms with Crippen molar-refractivity contribution in [1.29, 1.82) is 0 Å². The minimum absolute atomic E-state index is 0.0848. The predicted octanol–water partition coefficient (Wildman–Crippen LogP) is 2.73. The van der Waals surface area contributed by atoms with Crippen LogP contribution in [0.4, 0.5) is 5.69 Å². The highest BCUT2D eigenvalue weighted by molar-refractivity contribution is 5.91. The molecule has 0 unspecified atom stereocenters. The summed E-state index contributed by atoms with van der Waals surface area (Å²) < 4.78 is 0. The molecule has 3 nitrogen and oxygen atoms in total. The van der Waals surface area contributed by atoms with Gasteiger partial charge in [0.25, 0.3) is 0 Å². The summed E-state index contributed by atoms with van der Waals surface area (Å²) in [4.78, 5) is 11.6. The number of carbonyl (C=O) groups excluding carboxylic acids is 1. The van der Waals surface area contributed by atoms with Gasteiger partial charge in [-0.15, -0.1) is 0 Å². The first-order valence-corrected chi connectivity index (χ1v) is 5.62. The molecule has 0 heterocycles. The zero-order valence-electron chi connectivity index (χ0n) is 10.5. The van der Waals surface area contributed by atoms with Crippen LogP contribution < -0.4 is 5.32 Å². The highest BCUT2D eigenvalue weighted by Gasteiger charge is 2.16. The first kappa shape index (κ1) is 13.5. The van der Waals surface area contributed by atoms with E-state index in [1.165, 1.54) is 6.08 Å². The van der Waals surface area contributed by atoms with Crippen molar-refractivity contribution in [3.05, 3.63) is 42.1 Å². The van der Waals surface area contributed by atoms with Crippen molar-refractivity contribution in [3.8, 4) is 0 Å². The fourth-order valence-electron chi connectivity index (χ4n) is 1.50. The smallest absolute Gasteiger partial charge is 0.160 e. The lowest BCUT2D eigenvalue weighted by atomic mass is 10.0. The first-order chi connectivity index (χ1) is 7.87. The Morgan fingerprint density at radius 3 is 2.47 bits per heavy atom. The third-order valence-corrected chi connectivity index (χ3v) is 2.10. The van der Waals surface area contributed by atoms with Crippen molar-refractivity contribution in [3.63, 3.8) is 0 Å². The Kier molecular flexibility index (Phi) is 4.46. The Bertz CT molecular complexity index is 402. The fourth-order valence-corrected chi connectivity index (χ4v) is 1.50. The number of benzene rings is 1. The summed E-state index contributed by atoms with van der Waals surface area (Å²) in [6.45, 7) is 5.08. The van der Waals surface area contributed by atoms with E-state index in [9.17, 15) is 9.90 Å². The third-order valence-electron chi connectivity index (χ3n) is 2.10. The summed E-state index contributed by atoms with van der Waals surface area (Å²) in [5.41, 5.74) is 0.753. The number of para-hydroxylation sites is 1. The second-order valence-corrected chi connectivity index (χ2v) is 4.77. The SMILES string of the molecule is C/C(=C\C(=O)CC(C)(C)O)Nc1ccccc1. The molecule has 17 heavy (non-hydrogen) atoms. The van der Waals surface area contributed by atoms with Crippen LogP contribution in [0.1, 0.15) is 27.2 Å². The van der Waals surface area contributed by atoms with E-state index in [1.807, 2.05) is 37.3 Å². The third kappa shape index (κ3) is 5.88. The maximum Gasteiger partial charge on any atom is 0.160 e. The number of allylic oxidation sites excluding steroid dienone is 2. The Morgan fingerprint density at radius 1 is 1.35 bits per heavy atom. The fraction of sp³-hybridized carbons (Fsp3) is 0.357. The number of ketones is 1. The van der Waals surface area contributed by atoms with Gasteiger partial charge in [0, 0.05) is 23.9 Å². The zero-order valence-corrected chi connectivity index (χ0v) is 10.5. The van der Waals surface area contributed by atoms with E-state index < -0.39 is 5.60 Å². The molecule has 3 heteroatoms. The molecular formula is C14H19NO2. The van der Waals surface area contributed by atoms with E-state index in [0.29, 0.717) is 0 Å². The maximum absolute atomic E-state index is 11.6. The second kappa shape index (κ2) is 5.64. The summed E-state index contributed by atoms with van der Waals surface area (Å²) in [6, 6.07) is 9.64. The van der Waals surface area contributed by atoms with Crippen molar-refractivity contribution < 1.29 is 9.90 Å². The molecule has 1 rings (SSSR count). The van der Waals surface area contributed by atoms with Gasteiger partial charge in [-0.3, -0.25) is 4.79 Å². The second-order valence-electron chi connectivity index (χ2n) is 4.77. The largest absolute Gasteiger partial charge is 0.390 e. The highest BCUT2D eigenvalue weighted by Crippen LogP contribution is 2.11. The van der Waals surface area contributed by atoms with Crippen LogP contribution in [0.2, 0.25) is 0 Å². The lowest BCUT2D eigenvalue weighted by Crippen LogP contribution is -2.22. The molecule has 92 valence electrons. The Balaban J connectivity index is 2.58. The van der Waals surface area contributed by atoms with Crippen molar-refractivity contribution in [1.82, 2.24) is 0 Å². The van der Waals surface area contributed by atoms with Crippen LogP contribution in [-0.4, -0.2) is 16.5 Å². The van der Waals surface area contributed by atoms with Crippen LogP contribution in [0.25, 0.3) is 0 Å². The topological polar surface area (TPSA) is 49.3 Å². The van der Waals surface area contributed by atoms with Crippen molar-refractivity contribution in [2.75, 3.05) is 5.32 Å². The summed E-state index contributed by atoms with van der Waals surface area (Å²) in [5, 5.41) is 12.6. The first-order valence-electron chi connectivity index (χ1n) is 5.62. The van der Waals surface area contributed by atoms with E-state index in [2.05, 4.69) is 5.32 Å². The predicted molar refractivity (Wildman–Crippen MR) is 69.7 cm³/mol. The average molecular weight is 233 g/mol. The molecule has 0 saturated heterocycles. The molecule has 0 aromatic heterocycles. The molecule has 0 aliphatic heterocycles. The van der Waals surface area contributed by atoms with Crippen LogP contribution in [0.3, 0.4) is 0 Å². The van der Waals surface area contributed by atoms with Crippen LogP contribution >= 0.6 is 0 Å². The molecule has 0 amide bonds. The Morgan fingerprint density at radius 2 is 1.94 bits per heavy atom. The monoisotopic (exact) mass is 233 g/mol. The quantitative estimate of drug-likeness (QED) is 0.769. The summed E-state index contributed by atoms with van der Waals surface area (Å²) in [5.74, 6) is -0.0848. The Hall–Kier alpha value is -1.61. The normalized spacial score (nSPS) is 12.4. The lowest BCUT2D eigenvalue weighted by Gasteiger charge is -2.14. The van der Waals surface area contributed by atoms with Gasteiger partial charge in [-0.1, -0.05) is 18.2 Å². The van der Waals surface area contributed by atoms with Crippen molar-refractivity contribution in [2.24, 2.45) is 0 Å². The van der Waals surface area contributed by atoms with Gasteiger partial charge in [-0.25, -0.2) is 0 Å². The molecular weight excluding hydrogens is 214 g/mol. The lowest BCUT2D eigenvalue weighted by molar-refractivity contribution is -0.118. The van der Waals surface area contributed by atoms with E-state index in [4.69, 9.17) is 0 Å². The number of hydrogen-bond donors (Lipinski definition) is 2. The van der Waals surface area contributed by atoms with E-state index >= 15 is 0 Å². The molecule has 0 aliphatic rings. The molecule has 0 atom stereocenters. The number of carbonyl (C=O) groups is 1. The van der Waals surface area contributed by atoms with Gasteiger partial charge < -0.3 is 10.4 Å². The molecule has 0 saturated carbocycles. The van der Waals surface area contributed by atoms with Gasteiger partial charge in [0.1, 0.15) is 0 Å². The van der Waals surface area contributed by atoms with Gasteiger partial charge in [0.2, 0.25) is 0 Å². The number of nitrogens with one attached hydrogen (secondary N) is 1. The van der Waals surface area contributed by atoms with E-state index in [0.717, 1.165) is 11.4 Å². The highest BCUT2D eigenvalue weighted by atomic mass is 16.3. The van der Waals surface area contributed by atoms with Crippen LogP contribution in [-0.2, 0) is 4.79 Å². The Labute approximate surface area is 102 Å². The summed E-state index contributed by atoms with van der Waals surface area (Å²) in [6.07, 6.45) is 1.64. The van der Waals surface area contributed by atoms with Gasteiger partial charge in [-0.2, -0.15) is 0 Å². The molecule has 2 N–H and O–H groups in total. The van der Waals surface area contributed by atoms with Gasteiger partial charge in [-0.05, 0) is 32.9 Å². The zero-order chi connectivity index (χ0) is 12.9. The number of hydrogen-bond acceptors (Lipinski definition) is 3. The van der Waals surface area contributed by atoms with Crippen LogP contribution in [0.5, 0.6) is 0 Å². The van der Waals surface area contributed by atoms with E-state index in [-0.39, 0.29) is 12.2 Å². The standard InChI is InChI=1S/C14H19NO2/c1-11(9-13(16)10-14(2,3)17)15-12-7-5-4-6-8-12/h4-9,15,17H,10H2,1-3H3/b11-9+. The molecule has 1 aromatic carbocycles. The molecule has 0 aliphatic carbocycles. The molecule has 0 bridgehead atoms. The van der Waals surface area contributed by atoms with Crippen LogP contribution in [0, 0.1) is 0 Å². The van der Waals surface area contributed by atoms with Crippen LogP contribution in [0.15, 0.2) is 42.1 Å².